The van der Waals surface area contributed by atoms with Crippen LogP contribution in [0.25, 0.3) is 0 Å². The van der Waals surface area contributed by atoms with E-state index in [2.05, 4.69) is 34.7 Å². The molecular formula is C19H27BrN2O2. The van der Waals surface area contributed by atoms with Crippen LogP contribution in [0.3, 0.4) is 0 Å². The number of carbonyl (C=O) groups excluding carboxylic acids is 1. The number of hydrogen-bond acceptors (Lipinski definition) is 3. The summed E-state index contributed by atoms with van der Waals surface area (Å²) in [5.41, 5.74) is 0. The minimum atomic E-state index is 0.0992. The number of hydrogen-bond donors (Lipinski definition) is 0. The van der Waals surface area contributed by atoms with Gasteiger partial charge < -0.3 is 9.64 Å². The van der Waals surface area contributed by atoms with E-state index in [9.17, 15) is 4.79 Å². The van der Waals surface area contributed by atoms with E-state index in [0.717, 1.165) is 29.7 Å². The van der Waals surface area contributed by atoms with E-state index in [1.54, 1.807) is 0 Å². The van der Waals surface area contributed by atoms with E-state index < -0.39 is 0 Å². The molecule has 2 aliphatic rings. The molecule has 0 saturated carbocycles. The van der Waals surface area contributed by atoms with E-state index in [0.29, 0.717) is 18.1 Å². The molecule has 132 valence electrons. The first-order chi connectivity index (χ1) is 11.5. The van der Waals surface area contributed by atoms with Gasteiger partial charge in [-0.25, -0.2) is 0 Å². The van der Waals surface area contributed by atoms with Gasteiger partial charge in [0.25, 0.3) is 5.91 Å². The summed E-state index contributed by atoms with van der Waals surface area (Å²) >= 11 is 3.40. The van der Waals surface area contributed by atoms with Crippen molar-refractivity contribution in [2.45, 2.75) is 57.7 Å². The number of rotatable bonds is 4. The van der Waals surface area contributed by atoms with Crippen molar-refractivity contribution in [1.82, 2.24) is 9.80 Å². The number of piperidine rings is 1. The fourth-order valence-corrected chi connectivity index (χ4v) is 4.39. The van der Waals surface area contributed by atoms with Crippen LogP contribution < -0.4 is 4.74 Å². The lowest BCUT2D eigenvalue weighted by molar-refractivity contribution is -0.135. The maximum absolute atomic E-state index is 12.5. The van der Waals surface area contributed by atoms with Crippen molar-refractivity contribution in [3.8, 4) is 5.75 Å². The Kier molecular flexibility index (Phi) is 5.82. The van der Waals surface area contributed by atoms with Crippen molar-refractivity contribution in [2.75, 3.05) is 19.7 Å². The van der Waals surface area contributed by atoms with Crippen LogP contribution in [0, 0.1) is 0 Å². The van der Waals surface area contributed by atoms with E-state index in [-0.39, 0.29) is 12.5 Å². The fourth-order valence-electron chi connectivity index (χ4n) is 4.13. The van der Waals surface area contributed by atoms with Gasteiger partial charge in [-0.1, -0.05) is 15.9 Å². The van der Waals surface area contributed by atoms with E-state index >= 15 is 0 Å². The second-order valence-electron chi connectivity index (χ2n) is 7.10. The summed E-state index contributed by atoms with van der Waals surface area (Å²) in [5, 5.41) is 0. The number of benzene rings is 1. The van der Waals surface area contributed by atoms with Crippen LogP contribution in [0.15, 0.2) is 28.7 Å². The molecule has 2 fully saturated rings. The fraction of sp³-hybridized carbons (Fsp3) is 0.632. The quantitative estimate of drug-likeness (QED) is 0.780. The Labute approximate surface area is 153 Å². The Morgan fingerprint density at radius 3 is 2.50 bits per heavy atom. The number of carbonyl (C=O) groups is 1. The number of nitrogens with zero attached hydrogens (tertiary/aromatic N) is 2. The van der Waals surface area contributed by atoms with Crippen LogP contribution in [-0.2, 0) is 4.79 Å². The summed E-state index contributed by atoms with van der Waals surface area (Å²) in [6, 6.07) is 9.38. The Bertz CT molecular complexity index is 553. The highest BCUT2D eigenvalue weighted by Crippen LogP contribution is 2.29. The minimum Gasteiger partial charge on any atom is -0.484 e. The Hall–Kier alpha value is -1.07. The first kappa shape index (κ1) is 17.7. The van der Waals surface area contributed by atoms with Gasteiger partial charge in [0, 0.05) is 35.7 Å². The average Bonchev–Trinajstić information content (AvgIpc) is 2.93. The molecule has 4 nitrogen and oxygen atoms in total. The van der Waals surface area contributed by atoms with Crippen molar-refractivity contribution < 1.29 is 9.53 Å². The maximum atomic E-state index is 12.5. The predicted molar refractivity (Wildman–Crippen MR) is 99.2 cm³/mol. The third-order valence-corrected chi connectivity index (χ3v) is 5.90. The summed E-state index contributed by atoms with van der Waals surface area (Å²) in [4.78, 5) is 17.2. The Morgan fingerprint density at radius 2 is 1.83 bits per heavy atom. The standard InChI is InChI=1S/C19H27BrN2O2/c1-14-5-6-15(2)22(14)17-4-3-11-21(12-17)19(23)13-24-18-9-7-16(20)8-10-18/h7-10,14-15,17H,3-6,11-13H2,1-2H3/t14-,15-,17+/m1/s1. The van der Waals surface area contributed by atoms with Gasteiger partial charge in [0.2, 0.25) is 0 Å². The third kappa shape index (κ3) is 4.12. The van der Waals surface area contributed by atoms with Crippen LogP contribution in [0.2, 0.25) is 0 Å². The van der Waals surface area contributed by atoms with Gasteiger partial charge in [-0.05, 0) is 63.8 Å². The van der Waals surface area contributed by atoms with E-state index in [1.165, 1.54) is 19.3 Å². The Morgan fingerprint density at radius 1 is 1.17 bits per heavy atom. The molecule has 2 saturated heterocycles. The van der Waals surface area contributed by atoms with Gasteiger partial charge in [-0.15, -0.1) is 0 Å². The van der Waals surface area contributed by atoms with Gasteiger partial charge in [-0.3, -0.25) is 9.69 Å². The summed E-state index contributed by atoms with van der Waals surface area (Å²) in [7, 11) is 0. The van der Waals surface area contributed by atoms with Gasteiger partial charge >= 0.3 is 0 Å². The molecule has 2 heterocycles. The molecule has 0 aliphatic carbocycles. The zero-order chi connectivity index (χ0) is 17.1. The third-order valence-electron chi connectivity index (χ3n) is 5.37. The topological polar surface area (TPSA) is 32.8 Å². The number of halogens is 1. The summed E-state index contributed by atoms with van der Waals surface area (Å²) in [5.74, 6) is 0.837. The molecule has 1 amide bonds. The van der Waals surface area contributed by atoms with Crippen LogP contribution >= 0.6 is 15.9 Å². The van der Waals surface area contributed by atoms with Crippen LogP contribution in [-0.4, -0.2) is 53.5 Å². The van der Waals surface area contributed by atoms with Crippen molar-refractivity contribution in [1.29, 1.82) is 0 Å². The normalized spacial score (nSPS) is 28.1. The molecule has 1 aromatic carbocycles. The highest BCUT2D eigenvalue weighted by molar-refractivity contribution is 9.10. The molecule has 0 bridgehead atoms. The van der Waals surface area contributed by atoms with Crippen LogP contribution in [0.1, 0.15) is 39.5 Å². The highest BCUT2D eigenvalue weighted by Gasteiger charge is 2.36. The molecule has 3 atom stereocenters. The highest BCUT2D eigenvalue weighted by atomic mass is 79.9. The van der Waals surface area contributed by atoms with Gasteiger partial charge in [0.1, 0.15) is 5.75 Å². The predicted octanol–water partition coefficient (Wildman–Crippen LogP) is 3.69. The van der Waals surface area contributed by atoms with Gasteiger partial charge in [0.15, 0.2) is 6.61 Å². The lowest BCUT2D eigenvalue weighted by Crippen LogP contribution is -2.53. The molecule has 0 N–H and O–H groups in total. The number of amides is 1. The summed E-state index contributed by atoms with van der Waals surface area (Å²) < 4.78 is 6.66. The molecule has 1 aromatic rings. The van der Waals surface area contributed by atoms with Crippen LogP contribution in [0.5, 0.6) is 5.75 Å². The molecular weight excluding hydrogens is 368 g/mol. The largest absolute Gasteiger partial charge is 0.484 e. The molecule has 5 heteroatoms. The molecule has 2 aliphatic heterocycles. The minimum absolute atomic E-state index is 0.0992. The second kappa shape index (κ2) is 7.87. The van der Waals surface area contributed by atoms with Crippen molar-refractivity contribution >= 4 is 21.8 Å². The molecule has 3 rings (SSSR count). The van der Waals surface area contributed by atoms with E-state index in [1.807, 2.05) is 29.2 Å². The zero-order valence-corrected chi connectivity index (χ0v) is 16.2. The SMILES string of the molecule is C[C@@H]1CC[C@@H](C)N1[C@H]1CCCN(C(=O)COc2ccc(Br)cc2)C1. The first-order valence-electron chi connectivity index (χ1n) is 8.98. The molecule has 0 aromatic heterocycles. The zero-order valence-electron chi connectivity index (χ0n) is 14.6. The van der Waals surface area contributed by atoms with Gasteiger partial charge in [-0.2, -0.15) is 0 Å². The van der Waals surface area contributed by atoms with Crippen molar-refractivity contribution in [3.05, 3.63) is 28.7 Å². The van der Waals surface area contributed by atoms with Crippen molar-refractivity contribution in [2.24, 2.45) is 0 Å². The molecule has 24 heavy (non-hydrogen) atoms. The van der Waals surface area contributed by atoms with Gasteiger partial charge in [0.05, 0.1) is 0 Å². The summed E-state index contributed by atoms with van der Waals surface area (Å²) in [6.45, 7) is 6.47. The second-order valence-corrected chi connectivity index (χ2v) is 8.02. The maximum Gasteiger partial charge on any atom is 0.260 e. The number of ether oxygens (including phenoxy) is 1. The smallest absolute Gasteiger partial charge is 0.260 e. The monoisotopic (exact) mass is 394 g/mol. The lowest BCUT2D eigenvalue weighted by Gasteiger charge is -2.41. The molecule has 0 spiro atoms. The summed E-state index contributed by atoms with van der Waals surface area (Å²) in [6.07, 6.45) is 4.84. The lowest BCUT2D eigenvalue weighted by atomic mass is 10.0. The molecule has 0 unspecified atom stereocenters. The van der Waals surface area contributed by atoms with Crippen LogP contribution in [0.4, 0.5) is 0 Å². The van der Waals surface area contributed by atoms with E-state index in [4.69, 9.17) is 4.74 Å². The van der Waals surface area contributed by atoms with Crippen molar-refractivity contribution in [3.63, 3.8) is 0 Å². The Balaban J connectivity index is 1.54. The first-order valence-corrected chi connectivity index (χ1v) is 9.77. The molecule has 0 radical (unpaired) electrons. The number of likely N-dealkylation sites (tertiary alicyclic amines) is 2. The average molecular weight is 395 g/mol.